The van der Waals surface area contributed by atoms with E-state index in [9.17, 15) is 4.79 Å². The van der Waals surface area contributed by atoms with Crippen LogP contribution in [-0.2, 0) is 17.6 Å². The molecule has 4 aromatic rings. The zero-order chi connectivity index (χ0) is 20.1. The summed E-state index contributed by atoms with van der Waals surface area (Å²) in [5, 5.41) is 8.79. The first kappa shape index (κ1) is 18.7. The molecule has 144 valence electrons. The summed E-state index contributed by atoms with van der Waals surface area (Å²) < 4.78 is 2.01. The number of carbonyl (C=O) groups is 1. The van der Waals surface area contributed by atoms with Crippen molar-refractivity contribution >= 4 is 5.78 Å². The highest BCUT2D eigenvalue weighted by Gasteiger charge is 2.16. The van der Waals surface area contributed by atoms with Gasteiger partial charge in [0.1, 0.15) is 11.6 Å². The van der Waals surface area contributed by atoms with Crippen molar-refractivity contribution in [1.29, 1.82) is 0 Å². The van der Waals surface area contributed by atoms with Crippen molar-refractivity contribution in [1.82, 2.24) is 19.7 Å². The number of aryl methyl sites for hydroxylation is 2. The minimum Gasteiger partial charge on any atom is -0.299 e. The Morgan fingerprint density at radius 2 is 1.72 bits per heavy atom. The monoisotopic (exact) mass is 382 g/mol. The van der Waals surface area contributed by atoms with Crippen molar-refractivity contribution in [3.8, 4) is 17.1 Å². The highest BCUT2D eigenvalue weighted by molar-refractivity contribution is 5.81. The summed E-state index contributed by atoms with van der Waals surface area (Å²) in [7, 11) is 0. The molecule has 0 N–H and O–H groups in total. The van der Waals surface area contributed by atoms with Crippen LogP contribution >= 0.6 is 0 Å². The second-order valence-electron chi connectivity index (χ2n) is 7.05. The predicted molar refractivity (Wildman–Crippen MR) is 113 cm³/mol. The second kappa shape index (κ2) is 8.61. The highest BCUT2D eigenvalue weighted by Crippen LogP contribution is 2.23. The summed E-state index contributed by atoms with van der Waals surface area (Å²) in [6.45, 7) is 2.04. The van der Waals surface area contributed by atoms with Gasteiger partial charge in [0, 0.05) is 42.9 Å². The number of para-hydroxylation sites is 1. The van der Waals surface area contributed by atoms with Crippen molar-refractivity contribution in [2.75, 3.05) is 0 Å². The molecule has 0 aliphatic rings. The van der Waals surface area contributed by atoms with Crippen LogP contribution in [0.2, 0.25) is 0 Å². The lowest BCUT2D eigenvalue weighted by Crippen LogP contribution is -2.08. The number of rotatable bonds is 7. The first-order valence-corrected chi connectivity index (χ1v) is 9.68. The van der Waals surface area contributed by atoms with Gasteiger partial charge in [-0.15, -0.1) is 10.2 Å². The Balaban J connectivity index is 1.56. The largest absolute Gasteiger partial charge is 0.299 e. The molecule has 2 aromatic heterocycles. The van der Waals surface area contributed by atoms with E-state index in [-0.39, 0.29) is 5.78 Å². The minimum atomic E-state index is 0.194. The normalized spacial score (nSPS) is 10.8. The van der Waals surface area contributed by atoms with Gasteiger partial charge in [-0.25, -0.2) is 0 Å². The molecule has 0 fully saturated rings. The number of nitrogens with zero attached hydrogens (tertiary/aromatic N) is 4. The number of Topliss-reactive ketones (excluding diaryl/α,β-unsaturated/α-hetero) is 1. The Bertz CT molecular complexity index is 1090. The Hall–Kier alpha value is -3.60. The Morgan fingerprint density at radius 1 is 0.931 bits per heavy atom. The maximum atomic E-state index is 12.5. The molecule has 0 radical (unpaired) electrons. The molecule has 5 nitrogen and oxygen atoms in total. The number of pyridine rings is 1. The van der Waals surface area contributed by atoms with Gasteiger partial charge in [0.05, 0.1) is 0 Å². The molecule has 0 aliphatic carbocycles. The molecule has 0 atom stereocenters. The number of ketones is 1. The quantitative estimate of drug-likeness (QED) is 0.476. The van der Waals surface area contributed by atoms with E-state index >= 15 is 0 Å². The number of carbonyl (C=O) groups excluding carboxylic acids is 1. The summed E-state index contributed by atoms with van der Waals surface area (Å²) >= 11 is 0. The van der Waals surface area contributed by atoms with Gasteiger partial charge in [-0.2, -0.15) is 0 Å². The third-order valence-electron chi connectivity index (χ3n) is 4.81. The van der Waals surface area contributed by atoms with E-state index in [2.05, 4.69) is 15.2 Å². The smallest absolute Gasteiger partial charge is 0.170 e. The lowest BCUT2D eigenvalue weighted by molar-refractivity contribution is -0.118. The van der Waals surface area contributed by atoms with Crippen LogP contribution in [0.25, 0.3) is 17.1 Å². The highest BCUT2D eigenvalue weighted by atomic mass is 16.1. The fourth-order valence-corrected chi connectivity index (χ4v) is 3.28. The summed E-state index contributed by atoms with van der Waals surface area (Å²) in [5.41, 5.74) is 4.10. The molecule has 0 spiro atoms. The van der Waals surface area contributed by atoms with E-state index in [1.54, 1.807) is 12.4 Å². The van der Waals surface area contributed by atoms with Crippen molar-refractivity contribution in [2.45, 2.75) is 26.2 Å². The average Bonchev–Trinajstić information content (AvgIpc) is 3.19. The van der Waals surface area contributed by atoms with Crippen LogP contribution in [0, 0.1) is 6.92 Å². The molecule has 29 heavy (non-hydrogen) atoms. The number of hydrogen-bond donors (Lipinski definition) is 0. The molecule has 0 aliphatic heterocycles. The van der Waals surface area contributed by atoms with Crippen molar-refractivity contribution in [2.24, 2.45) is 0 Å². The van der Waals surface area contributed by atoms with Gasteiger partial charge < -0.3 is 0 Å². The van der Waals surface area contributed by atoms with Gasteiger partial charge in [-0.05, 0) is 36.8 Å². The third-order valence-corrected chi connectivity index (χ3v) is 4.81. The minimum absolute atomic E-state index is 0.194. The summed E-state index contributed by atoms with van der Waals surface area (Å²) in [6, 6.07) is 21.9. The van der Waals surface area contributed by atoms with Crippen molar-refractivity contribution in [3.63, 3.8) is 0 Å². The average molecular weight is 382 g/mol. The molecule has 4 rings (SSSR count). The van der Waals surface area contributed by atoms with Crippen LogP contribution in [0.15, 0.2) is 79.1 Å². The maximum absolute atomic E-state index is 12.5. The Morgan fingerprint density at radius 3 is 2.45 bits per heavy atom. The zero-order valence-corrected chi connectivity index (χ0v) is 16.3. The molecule has 0 amide bonds. The van der Waals surface area contributed by atoms with Gasteiger partial charge in [-0.1, -0.05) is 48.0 Å². The number of aromatic nitrogens is 4. The van der Waals surface area contributed by atoms with Crippen LogP contribution in [0.4, 0.5) is 0 Å². The zero-order valence-electron chi connectivity index (χ0n) is 16.3. The molecule has 2 aromatic carbocycles. The van der Waals surface area contributed by atoms with E-state index in [1.807, 2.05) is 78.2 Å². The first-order chi connectivity index (χ1) is 14.2. The topological polar surface area (TPSA) is 60.7 Å². The van der Waals surface area contributed by atoms with Crippen LogP contribution in [0.5, 0.6) is 0 Å². The van der Waals surface area contributed by atoms with E-state index in [0.717, 1.165) is 28.5 Å². The molecule has 5 heteroatoms. The lowest BCUT2D eigenvalue weighted by Gasteiger charge is -2.10. The van der Waals surface area contributed by atoms with Crippen LogP contribution in [0.1, 0.15) is 23.4 Å². The van der Waals surface area contributed by atoms with Crippen molar-refractivity contribution < 1.29 is 4.79 Å². The van der Waals surface area contributed by atoms with Crippen LogP contribution in [0.3, 0.4) is 0 Å². The lowest BCUT2D eigenvalue weighted by atomic mass is 10.0. The first-order valence-electron chi connectivity index (χ1n) is 9.68. The van der Waals surface area contributed by atoms with E-state index in [0.29, 0.717) is 19.3 Å². The molecule has 0 bridgehead atoms. The van der Waals surface area contributed by atoms with E-state index in [1.165, 1.54) is 5.56 Å². The molecule has 2 heterocycles. The van der Waals surface area contributed by atoms with Gasteiger partial charge in [-0.3, -0.25) is 14.3 Å². The molecule has 0 saturated heterocycles. The SMILES string of the molecule is Cc1ccc(CC(=O)CCc2nnc(-c3cccnc3)n2-c2ccccc2)cc1. The molecule has 0 unspecified atom stereocenters. The van der Waals surface area contributed by atoms with Gasteiger partial charge >= 0.3 is 0 Å². The summed E-state index contributed by atoms with van der Waals surface area (Å²) in [4.78, 5) is 16.7. The fraction of sp³-hybridized carbons (Fsp3) is 0.167. The maximum Gasteiger partial charge on any atom is 0.170 e. The summed E-state index contributed by atoms with van der Waals surface area (Å²) in [6.07, 6.45) is 4.90. The van der Waals surface area contributed by atoms with Crippen LogP contribution in [-0.4, -0.2) is 25.5 Å². The fourth-order valence-electron chi connectivity index (χ4n) is 3.28. The van der Waals surface area contributed by atoms with E-state index in [4.69, 9.17) is 0 Å². The summed E-state index contributed by atoms with van der Waals surface area (Å²) in [5.74, 6) is 1.69. The predicted octanol–water partition coefficient (Wildman–Crippen LogP) is 4.38. The Kier molecular flexibility index (Phi) is 5.56. The molecular weight excluding hydrogens is 360 g/mol. The molecular formula is C24H22N4O. The van der Waals surface area contributed by atoms with Crippen molar-refractivity contribution in [3.05, 3.63) is 96.1 Å². The second-order valence-corrected chi connectivity index (χ2v) is 7.05. The van der Waals surface area contributed by atoms with Gasteiger partial charge in [0.25, 0.3) is 0 Å². The standard InChI is InChI=1S/C24H22N4O/c1-18-9-11-19(12-10-18)16-22(29)13-14-23-26-27-24(20-6-5-15-25-17-20)28(23)21-7-3-2-4-8-21/h2-12,15,17H,13-14,16H2,1H3. The number of benzene rings is 2. The number of hydrogen-bond acceptors (Lipinski definition) is 4. The van der Waals surface area contributed by atoms with Crippen LogP contribution < -0.4 is 0 Å². The van der Waals surface area contributed by atoms with Gasteiger partial charge in [0.2, 0.25) is 0 Å². The van der Waals surface area contributed by atoms with E-state index < -0.39 is 0 Å². The third kappa shape index (κ3) is 4.46. The Labute approximate surface area is 170 Å². The molecule has 0 saturated carbocycles. The van der Waals surface area contributed by atoms with Gasteiger partial charge in [0.15, 0.2) is 5.82 Å².